The van der Waals surface area contributed by atoms with Crippen LogP contribution in [0.1, 0.15) is 23.2 Å². The molecule has 4 bridgehead atoms. The number of likely N-dealkylation sites (N-methyl/N-ethyl adjacent to an activating group) is 1. The number of hydrogen-bond donors (Lipinski definition) is 2. The van der Waals surface area contributed by atoms with Gasteiger partial charge in [0.25, 0.3) is 0 Å². The summed E-state index contributed by atoms with van der Waals surface area (Å²) in [4.78, 5) is 44.1. The van der Waals surface area contributed by atoms with Gasteiger partial charge in [0, 0.05) is 44.4 Å². The van der Waals surface area contributed by atoms with Gasteiger partial charge in [-0.05, 0) is 43.2 Å². The zero-order valence-electron chi connectivity index (χ0n) is 25.7. The van der Waals surface area contributed by atoms with Gasteiger partial charge in [0.15, 0.2) is 11.5 Å². The van der Waals surface area contributed by atoms with E-state index < -0.39 is 23.6 Å². The molecule has 2 atom stereocenters. The highest BCUT2D eigenvalue weighted by molar-refractivity contribution is 6.00. The number of halogens is 2. The fourth-order valence-corrected chi connectivity index (χ4v) is 6.30. The number of pyridine rings is 1. The average Bonchev–Trinajstić information content (AvgIpc) is 3.70. The van der Waals surface area contributed by atoms with Gasteiger partial charge in [0.05, 0.1) is 35.6 Å². The van der Waals surface area contributed by atoms with E-state index in [-0.39, 0.29) is 17.6 Å². The molecule has 1 amide bonds. The predicted molar refractivity (Wildman–Crippen MR) is 171 cm³/mol. The van der Waals surface area contributed by atoms with Gasteiger partial charge >= 0.3 is 5.97 Å². The maximum atomic E-state index is 14.7. The molecule has 7 rings (SSSR count). The normalized spacial score (nSPS) is 18.2. The molecular formula is C33H31F2N9O3. The van der Waals surface area contributed by atoms with Crippen LogP contribution in [0.2, 0.25) is 0 Å². The Balaban J connectivity index is 1.27. The van der Waals surface area contributed by atoms with E-state index in [2.05, 4.69) is 25.7 Å². The van der Waals surface area contributed by atoms with Crippen LogP contribution >= 0.6 is 0 Å². The second kappa shape index (κ2) is 12.3. The molecule has 0 radical (unpaired) electrons. The number of para-hydroxylation sites is 1. The van der Waals surface area contributed by atoms with Gasteiger partial charge in [-0.25, -0.2) is 33.2 Å². The van der Waals surface area contributed by atoms with Gasteiger partial charge in [-0.15, -0.1) is 0 Å². The SMILES string of the molecule is COC(=O)c1cccc2c1NCCCN(C)C(=O)[C@@H]1C[C@@H](CN1c1ncnc3c1cnn3-c1ccc(F)cc1F)Nc1cccc-2n1. The Kier molecular flexibility index (Phi) is 7.83. The number of methoxy groups -OCH3 is 1. The third-order valence-electron chi connectivity index (χ3n) is 8.54. The maximum Gasteiger partial charge on any atom is 0.339 e. The van der Waals surface area contributed by atoms with Crippen LogP contribution in [-0.2, 0) is 9.53 Å². The second-order valence-electron chi connectivity index (χ2n) is 11.5. The van der Waals surface area contributed by atoms with E-state index in [0.29, 0.717) is 72.1 Å². The minimum Gasteiger partial charge on any atom is -0.465 e. The lowest BCUT2D eigenvalue weighted by Gasteiger charge is -2.29. The largest absolute Gasteiger partial charge is 0.465 e. The van der Waals surface area contributed by atoms with Crippen molar-refractivity contribution in [2.45, 2.75) is 24.9 Å². The zero-order chi connectivity index (χ0) is 32.7. The Morgan fingerprint density at radius 1 is 1.09 bits per heavy atom. The van der Waals surface area contributed by atoms with Crippen molar-refractivity contribution < 1.29 is 23.1 Å². The minimum absolute atomic E-state index is 0.0423. The van der Waals surface area contributed by atoms with E-state index >= 15 is 0 Å². The summed E-state index contributed by atoms with van der Waals surface area (Å²) in [5.41, 5.74) is 2.80. The van der Waals surface area contributed by atoms with Gasteiger partial charge in [-0.1, -0.05) is 18.2 Å². The monoisotopic (exact) mass is 639 g/mol. The van der Waals surface area contributed by atoms with Crippen LogP contribution in [0.15, 0.2) is 67.1 Å². The smallest absolute Gasteiger partial charge is 0.339 e. The molecule has 3 aromatic heterocycles. The summed E-state index contributed by atoms with van der Waals surface area (Å²) in [6.45, 7) is 1.35. The Morgan fingerprint density at radius 3 is 2.77 bits per heavy atom. The lowest BCUT2D eigenvalue weighted by Crippen LogP contribution is -2.45. The molecule has 5 aromatic rings. The first-order valence-corrected chi connectivity index (χ1v) is 15.2. The van der Waals surface area contributed by atoms with Crippen molar-refractivity contribution in [1.82, 2.24) is 29.6 Å². The predicted octanol–water partition coefficient (Wildman–Crippen LogP) is 4.28. The van der Waals surface area contributed by atoms with Crippen LogP contribution < -0.4 is 15.5 Å². The van der Waals surface area contributed by atoms with Crippen molar-refractivity contribution in [1.29, 1.82) is 0 Å². The highest BCUT2D eigenvalue weighted by atomic mass is 19.1. The first kappa shape index (κ1) is 30.0. The fourth-order valence-electron chi connectivity index (χ4n) is 6.30. The number of carbonyl (C=O) groups excluding carboxylic acids is 2. The molecule has 0 spiro atoms. The van der Waals surface area contributed by atoms with E-state index in [1.54, 1.807) is 24.1 Å². The Bertz CT molecular complexity index is 2000. The Labute approximate surface area is 268 Å². The van der Waals surface area contributed by atoms with Crippen molar-refractivity contribution in [3.8, 4) is 16.9 Å². The molecule has 1 saturated heterocycles. The summed E-state index contributed by atoms with van der Waals surface area (Å²) >= 11 is 0. The number of esters is 1. The molecule has 0 saturated carbocycles. The number of aromatic nitrogens is 5. The van der Waals surface area contributed by atoms with Gasteiger partial charge in [-0.2, -0.15) is 5.10 Å². The van der Waals surface area contributed by atoms with E-state index in [1.165, 1.54) is 30.4 Å². The van der Waals surface area contributed by atoms with Crippen LogP contribution in [0.3, 0.4) is 0 Å². The van der Waals surface area contributed by atoms with Crippen LogP contribution in [0, 0.1) is 11.6 Å². The molecule has 47 heavy (non-hydrogen) atoms. The van der Waals surface area contributed by atoms with Gasteiger partial charge < -0.3 is 25.2 Å². The van der Waals surface area contributed by atoms with Crippen molar-refractivity contribution in [3.63, 3.8) is 0 Å². The quantitative estimate of drug-likeness (QED) is 0.276. The number of amides is 1. The van der Waals surface area contributed by atoms with Crippen LogP contribution in [0.25, 0.3) is 28.0 Å². The topological polar surface area (TPSA) is 130 Å². The Hall–Kier alpha value is -5.66. The van der Waals surface area contributed by atoms with Gasteiger partial charge in [0.2, 0.25) is 5.91 Å². The summed E-state index contributed by atoms with van der Waals surface area (Å²) in [5, 5.41) is 11.8. The zero-order valence-corrected chi connectivity index (χ0v) is 25.7. The number of fused-ring (bicyclic) bond motifs is 7. The molecule has 0 aliphatic carbocycles. The van der Waals surface area contributed by atoms with Crippen LogP contribution in [0.5, 0.6) is 0 Å². The molecule has 2 aromatic carbocycles. The van der Waals surface area contributed by atoms with Crippen LogP contribution in [-0.4, -0.2) is 87.4 Å². The second-order valence-corrected chi connectivity index (χ2v) is 11.5. The number of hydrogen-bond acceptors (Lipinski definition) is 10. The molecule has 0 unspecified atom stereocenters. The number of carbonyl (C=O) groups is 2. The molecule has 1 fully saturated rings. The maximum absolute atomic E-state index is 14.7. The summed E-state index contributed by atoms with van der Waals surface area (Å²) in [6, 6.07) is 13.5. The summed E-state index contributed by atoms with van der Waals surface area (Å²) in [5.74, 6) is -0.948. The summed E-state index contributed by atoms with van der Waals surface area (Å²) < 4.78 is 34.7. The van der Waals surface area contributed by atoms with Crippen molar-refractivity contribution in [3.05, 3.63) is 84.3 Å². The standard InChI is InChI=1S/C33H31F2N9O3/c1-42-13-5-12-36-29-21(6-3-7-22(29)33(46)47-2)25-8-4-9-28(41-25)40-20-15-27(32(42)45)43(17-20)30-23-16-39-44(31(23)38-18-37-30)26-11-10-19(34)14-24(26)35/h3-4,6-11,14,16,18,20,27,36H,5,12-13,15,17H2,1-2H3,(H,40,41)/t20-,27-/m0/s1. The number of anilines is 3. The number of benzene rings is 2. The third-order valence-corrected chi connectivity index (χ3v) is 8.54. The van der Waals surface area contributed by atoms with Gasteiger partial charge in [0.1, 0.15) is 35.5 Å². The number of nitrogens with one attached hydrogen (secondary N) is 2. The average molecular weight is 640 g/mol. The fraction of sp³-hybridized carbons (Fsp3) is 0.273. The van der Waals surface area contributed by atoms with Crippen molar-refractivity contribution in [2.75, 3.05) is 49.3 Å². The molecule has 2 aliphatic heterocycles. The number of ether oxygens (including phenoxy) is 1. The lowest BCUT2D eigenvalue weighted by atomic mass is 10.0. The summed E-state index contributed by atoms with van der Waals surface area (Å²) in [7, 11) is 3.11. The van der Waals surface area contributed by atoms with E-state index in [0.717, 1.165) is 17.7 Å². The lowest BCUT2D eigenvalue weighted by molar-refractivity contribution is -0.131. The van der Waals surface area contributed by atoms with E-state index in [9.17, 15) is 18.4 Å². The molecule has 2 N–H and O–H groups in total. The number of nitrogens with zero attached hydrogens (tertiary/aromatic N) is 7. The van der Waals surface area contributed by atoms with Crippen LogP contribution in [0.4, 0.5) is 26.1 Å². The number of rotatable bonds is 3. The molecule has 14 heteroatoms. The van der Waals surface area contributed by atoms with E-state index in [4.69, 9.17) is 9.72 Å². The molecule has 240 valence electrons. The highest BCUT2D eigenvalue weighted by Gasteiger charge is 2.40. The molecule has 2 aliphatic rings. The van der Waals surface area contributed by atoms with E-state index in [1.807, 2.05) is 29.2 Å². The summed E-state index contributed by atoms with van der Waals surface area (Å²) in [6.07, 6.45) is 3.95. The van der Waals surface area contributed by atoms with Crippen molar-refractivity contribution >= 4 is 40.2 Å². The Morgan fingerprint density at radius 2 is 1.94 bits per heavy atom. The molecule has 5 heterocycles. The minimum atomic E-state index is -0.781. The third kappa shape index (κ3) is 5.55. The molecule has 12 nitrogen and oxygen atoms in total. The highest BCUT2D eigenvalue weighted by Crippen LogP contribution is 2.35. The van der Waals surface area contributed by atoms with Crippen molar-refractivity contribution in [2.24, 2.45) is 0 Å². The van der Waals surface area contributed by atoms with Gasteiger partial charge in [-0.3, -0.25) is 4.79 Å². The first-order chi connectivity index (χ1) is 22.8. The molecular weight excluding hydrogens is 608 g/mol. The first-order valence-electron chi connectivity index (χ1n) is 15.2.